The number of nitrogens with one attached hydrogen (secondary N) is 1. The van der Waals surface area contributed by atoms with Crippen LogP contribution in [-0.4, -0.2) is 33.5 Å². The summed E-state index contributed by atoms with van der Waals surface area (Å²) in [4.78, 5) is 25.9. The molecule has 0 fully saturated rings. The number of carbonyl (C=O) groups excluding carboxylic acids is 1. The second kappa shape index (κ2) is 6.61. The molecule has 0 atom stereocenters. The zero-order valence-corrected chi connectivity index (χ0v) is 11.2. The molecule has 1 amide bonds. The molecule has 0 unspecified atom stereocenters. The number of hydrogen-bond donors (Lipinski definition) is 2. The Morgan fingerprint density at radius 2 is 2.24 bits per heavy atom. The van der Waals surface area contributed by atoms with Crippen LogP contribution in [0.4, 0.5) is 5.13 Å². The fourth-order valence-electron chi connectivity index (χ4n) is 0.995. The van der Waals surface area contributed by atoms with Crippen LogP contribution in [-0.2, 0) is 9.59 Å². The molecule has 1 aromatic heterocycles. The number of nitrogens with zero attached hydrogens (tertiary/aromatic N) is 1. The molecule has 1 aromatic rings. The summed E-state index contributed by atoms with van der Waals surface area (Å²) < 4.78 is 0. The third-order valence-electron chi connectivity index (χ3n) is 1.82. The molecule has 0 aliphatic heterocycles. The van der Waals surface area contributed by atoms with Crippen LogP contribution in [0.3, 0.4) is 0 Å². The summed E-state index contributed by atoms with van der Waals surface area (Å²) in [6.45, 7) is 4.06. The Morgan fingerprint density at radius 1 is 1.53 bits per heavy atom. The maximum atomic E-state index is 11.4. The minimum absolute atomic E-state index is 0.0669. The molecule has 1 rings (SSSR count). The average molecular weight is 274 g/mol. The van der Waals surface area contributed by atoms with E-state index in [4.69, 9.17) is 5.11 Å². The van der Waals surface area contributed by atoms with Crippen molar-refractivity contribution in [3.63, 3.8) is 0 Å². The van der Waals surface area contributed by atoms with Crippen LogP contribution >= 0.6 is 23.1 Å². The normalized spacial score (nSPS) is 10.5. The summed E-state index contributed by atoms with van der Waals surface area (Å²) >= 11 is 2.44. The topological polar surface area (TPSA) is 79.3 Å². The first-order valence-corrected chi connectivity index (χ1v) is 7.07. The lowest BCUT2D eigenvalue weighted by Crippen LogP contribution is -2.15. The van der Waals surface area contributed by atoms with Gasteiger partial charge in [0.1, 0.15) is 0 Å². The molecule has 1 heterocycles. The molecule has 7 heteroatoms. The summed E-state index contributed by atoms with van der Waals surface area (Å²) in [7, 11) is 0. The Balaban J connectivity index is 2.37. The van der Waals surface area contributed by atoms with Gasteiger partial charge in [0.25, 0.3) is 0 Å². The van der Waals surface area contributed by atoms with Crippen LogP contribution < -0.4 is 5.32 Å². The van der Waals surface area contributed by atoms with E-state index in [0.717, 1.165) is 17.5 Å². The summed E-state index contributed by atoms with van der Waals surface area (Å²) in [6, 6.07) is 0. The van der Waals surface area contributed by atoms with Crippen molar-refractivity contribution in [2.45, 2.75) is 19.8 Å². The van der Waals surface area contributed by atoms with Crippen LogP contribution in [0.2, 0.25) is 0 Å². The lowest BCUT2D eigenvalue weighted by atomic mass is 10.2. The Bertz CT molecular complexity index is 404. The second-order valence-electron chi connectivity index (χ2n) is 3.67. The summed E-state index contributed by atoms with van der Waals surface area (Å²) in [6.07, 6.45) is 0. The first-order valence-electron chi connectivity index (χ1n) is 5.04. The van der Waals surface area contributed by atoms with Crippen LogP contribution in [0, 0.1) is 0 Å². The molecule has 17 heavy (non-hydrogen) atoms. The molecule has 0 aliphatic carbocycles. The predicted molar refractivity (Wildman–Crippen MR) is 69.8 cm³/mol. The van der Waals surface area contributed by atoms with Crippen molar-refractivity contribution in [3.05, 3.63) is 11.1 Å². The molecule has 0 aromatic carbocycles. The molecule has 94 valence electrons. The van der Waals surface area contributed by atoms with Crippen molar-refractivity contribution < 1.29 is 14.7 Å². The fourth-order valence-corrected chi connectivity index (χ4v) is 2.42. The van der Waals surface area contributed by atoms with Crippen LogP contribution in [0.25, 0.3) is 0 Å². The van der Waals surface area contributed by atoms with Gasteiger partial charge >= 0.3 is 5.97 Å². The summed E-state index contributed by atoms with van der Waals surface area (Å²) in [5.74, 6) is -0.746. The first kappa shape index (κ1) is 14.0. The zero-order chi connectivity index (χ0) is 12.8. The SMILES string of the molecule is CC(C)c1csc(NC(=O)CSCC(=O)O)n1. The number of aromatic nitrogens is 1. The van der Waals surface area contributed by atoms with Crippen molar-refractivity contribution in [1.29, 1.82) is 0 Å². The van der Waals surface area contributed by atoms with Gasteiger partial charge in [-0.3, -0.25) is 9.59 Å². The summed E-state index contributed by atoms with van der Waals surface area (Å²) in [5, 5.41) is 13.5. The van der Waals surface area contributed by atoms with E-state index < -0.39 is 5.97 Å². The Kier molecular flexibility index (Phi) is 5.43. The van der Waals surface area contributed by atoms with Gasteiger partial charge in [-0.1, -0.05) is 13.8 Å². The molecule has 0 saturated heterocycles. The van der Waals surface area contributed by atoms with E-state index in [1.165, 1.54) is 11.3 Å². The highest BCUT2D eigenvalue weighted by molar-refractivity contribution is 8.00. The third kappa shape index (κ3) is 5.18. The highest BCUT2D eigenvalue weighted by Gasteiger charge is 2.09. The number of amides is 1. The van der Waals surface area contributed by atoms with Gasteiger partial charge < -0.3 is 10.4 Å². The number of carbonyl (C=O) groups is 2. The zero-order valence-electron chi connectivity index (χ0n) is 9.60. The monoisotopic (exact) mass is 274 g/mol. The first-order chi connectivity index (χ1) is 7.99. The fraction of sp³-hybridized carbons (Fsp3) is 0.500. The number of carboxylic acid groups (broad SMARTS) is 1. The van der Waals surface area contributed by atoms with Crippen LogP contribution in [0.1, 0.15) is 25.5 Å². The van der Waals surface area contributed by atoms with Gasteiger partial charge in [0.05, 0.1) is 17.2 Å². The maximum Gasteiger partial charge on any atom is 0.313 e. The van der Waals surface area contributed by atoms with Gasteiger partial charge in [0.2, 0.25) is 5.91 Å². The standard InChI is InChI=1S/C10H14N2O3S2/c1-6(2)7-3-17-10(11-7)12-8(13)4-16-5-9(14)15/h3,6H,4-5H2,1-2H3,(H,14,15)(H,11,12,13). The number of thiazole rings is 1. The van der Waals surface area contributed by atoms with Gasteiger partial charge in [0, 0.05) is 5.38 Å². The van der Waals surface area contributed by atoms with Crippen molar-refractivity contribution in [2.75, 3.05) is 16.8 Å². The number of carboxylic acids is 1. The van der Waals surface area contributed by atoms with Gasteiger partial charge in [-0.15, -0.1) is 23.1 Å². The second-order valence-corrected chi connectivity index (χ2v) is 5.51. The number of hydrogen-bond acceptors (Lipinski definition) is 5. The van der Waals surface area contributed by atoms with Gasteiger partial charge in [-0.2, -0.15) is 0 Å². The van der Waals surface area contributed by atoms with Crippen molar-refractivity contribution in [1.82, 2.24) is 4.98 Å². The largest absolute Gasteiger partial charge is 0.481 e. The van der Waals surface area contributed by atoms with E-state index in [0.29, 0.717) is 11.0 Å². The van der Waals surface area contributed by atoms with E-state index in [2.05, 4.69) is 10.3 Å². The Morgan fingerprint density at radius 3 is 2.76 bits per heavy atom. The minimum atomic E-state index is -0.917. The lowest BCUT2D eigenvalue weighted by molar-refractivity contribution is -0.133. The summed E-state index contributed by atoms with van der Waals surface area (Å²) in [5.41, 5.74) is 0.948. The quantitative estimate of drug-likeness (QED) is 0.829. The molecule has 0 aliphatic rings. The Labute approximate surface area is 108 Å². The molecule has 0 spiro atoms. The predicted octanol–water partition coefficient (Wildman–Crippen LogP) is 2.02. The number of aliphatic carboxylic acids is 1. The van der Waals surface area contributed by atoms with E-state index in [-0.39, 0.29) is 17.4 Å². The molecule has 0 radical (unpaired) electrons. The highest BCUT2D eigenvalue weighted by Crippen LogP contribution is 2.21. The highest BCUT2D eigenvalue weighted by atomic mass is 32.2. The maximum absolute atomic E-state index is 11.4. The number of thioether (sulfide) groups is 1. The average Bonchev–Trinajstić information content (AvgIpc) is 2.65. The molecular weight excluding hydrogens is 260 g/mol. The molecule has 5 nitrogen and oxygen atoms in total. The van der Waals surface area contributed by atoms with Crippen LogP contribution in [0.5, 0.6) is 0 Å². The van der Waals surface area contributed by atoms with Gasteiger partial charge in [-0.25, -0.2) is 4.98 Å². The minimum Gasteiger partial charge on any atom is -0.481 e. The smallest absolute Gasteiger partial charge is 0.313 e. The van der Waals surface area contributed by atoms with Gasteiger partial charge in [0.15, 0.2) is 5.13 Å². The van der Waals surface area contributed by atoms with E-state index >= 15 is 0 Å². The molecule has 0 saturated carbocycles. The number of rotatable bonds is 6. The molecule has 0 bridgehead atoms. The van der Waals surface area contributed by atoms with Crippen molar-refractivity contribution in [2.24, 2.45) is 0 Å². The van der Waals surface area contributed by atoms with E-state index in [1.54, 1.807) is 0 Å². The lowest BCUT2D eigenvalue weighted by Gasteiger charge is -2.00. The van der Waals surface area contributed by atoms with Crippen molar-refractivity contribution in [3.8, 4) is 0 Å². The van der Waals surface area contributed by atoms with Crippen molar-refractivity contribution >= 4 is 40.1 Å². The molecular formula is C10H14N2O3S2. The Hall–Kier alpha value is -1.08. The molecule has 2 N–H and O–H groups in total. The van der Waals surface area contributed by atoms with E-state index in [1.807, 2.05) is 19.2 Å². The third-order valence-corrected chi connectivity index (χ3v) is 3.51. The van der Waals surface area contributed by atoms with Crippen LogP contribution in [0.15, 0.2) is 5.38 Å². The van der Waals surface area contributed by atoms with Gasteiger partial charge in [-0.05, 0) is 5.92 Å². The van der Waals surface area contributed by atoms with E-state index in [9.17, 15) is 9.59 Å². The number of anilines is 1.